The van der Waals surface area contributed by atoms with Crippen LogP contribution in [-0.2, 0) is 17.1 Å². The Morgan fingerprint density at radius 2 is 1.52 bits per heavy atom. The van der Waals surface area contributed by atoms with Crippen LogP contribution in [0.3, 0.4) is 0 Å². The molecule has 0 bridgehead atoms. The van der Waals surface area contributed by atoms with Crippen LogP contribution in [0.1, 0.15) is 67.4 Å². The summed E-state index contributed by atoms with van der Waals surface area (Å²) in [4.78, 5) is 24.1. The number of carbonyl (C=O) groups is 2. The van der Waals surface area contributed by atoms with Crippen LogP contribution in [0.25, 0.3) is 0 Å². The van der Waals surface area contributed by atoms with E-state index < -0.39 is 35.0 Å². The summed E-state index contributed by atoms with van der Waals surface area (Å²) in [5.41, 5.74) is -3.72. The molecule has 186 valence electrons. The number of benzene rings is 1. The van der Waals surface area contributed by atoms with Gasteiger partial charge in [0, 0.05) is 24.2 Å². The molecule has 2 amide bonds. The Labute approximate surface area is 188 Å². The minimum Gasteiger partial charge on any atom is -0.353 e. The van der Waals surface area contributed by atoms with Crippen LogP contribution in [0.2, 0.25) is 0 Å². The van der Waals surface area contributed by atoms with Crippen molar-refractivity contribution >= 4 is 11.8 Å². The molecular formula is C22H29F6N3O2. The van der Waals surface area contributed by atoms with Gasteiger partial charge in [0.05, 0.1) is 17.7 Å². The summed E-state index contributed by atoms with van der Waals surface area (Å²) in [6.07, 6.45) is -6.26. The number of rotatable bonds is 8. The zero-order chi connectivity index (χ0) is 24.8. The average molecular weight is 481 g/mol. The number of hydrogen-bond donors (Lipinski definition) is 3. The van der Waals surface area contributed by atoms with E-state index in [0.29, 0.717) is 25.0 Å². The van der Waals surface area contributed by atoms with Crippen LogP contribution in [-0.4, -0.2) is 37.0 Å². The van der Waals surface area contributed by atoms with E-state index in [1.54, 1.807) is 0 Å². The normalized spacial score (nSPS) is 20.2. The molecule has 11 heteroatoms. The van der Waals surface area contributed by atoms with Crippen LogP contribution >= 0.6 is 0 Å². The van der Waals surface area contributed by atoms with Crippen molar-refractivity contribution in [2.75, 3.05) is 13.1 Å². The van der Waals surface area contributed by atoms with Gasteiger partial charge >= 0.3 is 12.4 Å². The van der Waals surface area contributed by atoms with Gasteiger partial charge < -0.3 is 16.0 Å². The molecule has 2 rings (SSSR count). The number of amides is 2. The van der Waals surface area contributed by atoms with E-state index in [0.717, 1.165) is 19.3 Å². The predicted octanol–water partition coefficient (Wildman–Crippen LogP) is 4.52. The molecule has 1 aromatic rings. The molecule has 1 aliphatic rings. The zero-order valence-electron chi connectivity index (χ0n) is 18.5. The second-order valence-electron chi connectivity index (χ2n) is 8.48. The summed E-state index contributed by atoms with van der Waals surface area (Å²) in [6, 6.07) is 1.08. The molecule has 3 N–H and O–H groups in total. The van der Waals surface area contributed by atoms with Crippen molar-refractivity contribution < 1.29 is 35.9 Å². The van der Waals surface area contributed by atoms with Gasteiger partial charge in [-0.3, -0.25) is 9.59 Å². The Balaban J connectivity index is 1.86. The highest BCUT2D eigenvalue weighted by atomic mass is 19.4. The third-order valence-electron chi connectivity index (χ3n) is 5.82. The number of halogens is 6. The first kappa shape index (κ1) is 26.9. The van der Waals surface area contributed by atoms with E-state index in [9.17, 15) is 35.9 Å². The molecule has 0 radical (unpaired) electrons. The highest BCUT2D eigenvalue weighted by Crippen LogP contribution is 2.36. The first-order valence-electron chi connectivity index (χ1n) is 10.9. The Kier molecular flexibility index (Phi) is 9.16. The number of nitrogens with one attached hydrogen (secondary N) is 3. The Bertz CT molecular complexity index is 785. The van der Waals surface area contributed by atoms with Crippen LogP contribution in [0.4, 0.5) is 26.3 Å². The highest BCUT2D eigenvalue weighted by Gasteiger charge is 2.37. The van der Waals surface area contributed by atoms with Crippen LogP contribution < -0.4 is 16.0 Å². The lowest BCUT2D eigenvalue weighted by Crippen LogP contribution is -2.43. The van der Waals surface area contributed by atoms with Gasteiger partial charge in [0.1, 0.15) is 0 Å². The minimum absolute atomic E-state index is 0.00572. The van der Waals surface area contributed by atoms with Crippen molar-refractivity contribution in [1.82, 2.24) is 16.0 Å². The summed E-state index contributed by atoms with van der Waals surface area (Å²) in [5.74, 6) is -1.01. The van der Waals surface area contributed by atoms with Crippen LogP contribution in [0, 0.1) is 5.92 Å². The van der Waals surface area contributed by atoms with E-state index in [4.69, 9.17) is 0 Å². The number of hydrogen-bond acceptors (Lipinski definition) is 3. The molecule has 1 unspecified atom stereocenters. The molecule has 1 aliphatic carbocycles. The van der Waals surface area contributed by atoms with E-state index in [1.807, 2.05) is 13.8 Å². The first-order valence-corrected chi connectivity index (χ1v) is 10.9. The van der Waals surface area contributed by atoms with Gasteiger partial charge in [-0.05, 0) is 63.1 Å². The molecule has 1 aromatic carbocycles. The highest BCUT2D eigenvalue weighted by molar-refractivity contribution is 5.94. The van der Waals surface area contributed by atoms with Gasteiger partial charge in [-0.1, -0.05) is 6.92 Å². The third kappa shape index (κ3) is 8.53. The lowest BCUT2D eigenvalue weighted by atomic mass is 9.86. The first-order chi connectivity index (χ1) is 15.3. The van der Waals surface area contributed by atoms with Crippen molar-refractivity contribution in [3.05, 3.63) is 34.9 Å². The molecule has 5 nitrogen and oxygen atoms in total. The number of alkyl halides is 6. The fourth-order valence-corrected chi connectivity index (χ4v) is 3.66. The van der Waals surface area contributed by atoms with Gasteiger partial charge in [-0.15, -0.1) is 0 Å². The monoisotopic (exact) mass is 481 g/mol. The van der Waals surface area contributed by atoms with Crippen molar-refractivity contribution in [3.8, 4) is 0 Å². The maximum Gasteiger partial charge on any atom is 0.416 e. The molecule has 1 saturated carbocycles. The van der Waals surface area contributed by atoms with Gasteiger partial charge in [0.2, 0.25) is 5.91 Å². The Morgan fingerprint density at radius 1 is 0.970 bits per heavy atom. The molecule has 0 heterocycles. The molecule has 0 spiro atoms. The Hall–Kier alpha value is -2.30. The lowest BCUT2D eigenvalue weighted by Gasteiger charge is -2.29. The van der Waals surface area contributed by atoms with Crippen molar-refractivity contribution in [2.24, 2.45) is 5.92 Å². The number of carbonyl (C=O) groups excluding carboxylic acids is 2. The summed E-state index contributed by atoms with van der Waals surface area (Å²) in [6.45, 7) is 4.24. The average Bonchev–Trinajstić information content (AvgIpc) is 2.75. The minimum atomic E-state index is -5.01. The summed E-state index contributed by atoms with van der Waals surface area (Å²) < 4.78 is 77.9. The molecule has 33 heavy (non-hydrogen) atoms. The van der Waals surface area contributed by atoms with Gasteiger partial charge in [0.25, 0.3) is 5.91 Å². The quantitative estimate of drug-likeness (QED) is 0.479. The van der Waals surface area contributed by atoms with E-state index >= 15 is 0 Å². The molecule has 0 saturated heterocycles. The maximum absolute atomic E-state index is 13.0. The molecule has 0 aliphatic heterocycles. The zero-order valence-corrected chi connectivity index (χ0v) is 18.5. The second kappa shape index (κ2) is 11.2. The summed E-state index contributed by atoms with van der Waals surface area (Å²) >= 11 is 0. The second-order valence-corrected chi connectivity index (χ2v) is 8.48. The smallest absolute Gasteiger partial charge is 0.353 e. The largest absolute Gasteiger partial charge is 0.416 e. The van der Waals surface area contributed by atoms with Crippen LogP contribution in [0.15, 0.2) is 18.2 Å². The Morgan fingerprint density at radius 3 is 2.00 bits per heavy atom. The van der Waals surface area contributed by atoms with Gasteiger partial charge in [-0.2, -0.15) is 26.3 Å². The maximum atomic E-state index is 13.0. The molecule has 0 aromatic heterocycles. The summed E-state index contributed by atoms with van der Waals surface area (Å²) in [7, 11) is 0. The fraction of sp³-hybridized carbons (Fsp3) is 0.636. The van der Waals surface area contributed by atoms with E-state index in [1.165, 1.54) is 0 Å². The van der Waals surface area contributed by atoms with Crippen LogP contribution in [0.5, 0.6) is 0 Å². The van der Waals surface area contributed by atoms with Crippen molar-refractivity contribution in [2.45, 2.75) is 70.4 Å². The van der Waals surface area contributed by atoms with E-state index in [2.05, 4.69) is 16.0 Å². The SMILES string of the molecule is CCC(C)NC(=O)CNC1CCC(CNC(=O)c2cc(C(F)(F)F)cc(C(F)(F)F)c2)CC1. The topological polar surface area (TPSA) is 70.2 Å². The summed E-state index contributed by atoms with van der Waals surface area (Å²) in [5, 5.41) is 8.51. The predicted molar refractivity (Wildman–Crippen MR) is 110 cm³/mol. The van der Waals surface area contributed by atoms with Gasteiger partial charge in [0.15, 0.2) is 0 Å². The molecular weight excluding hydrogens is 452 g/mol. The van der Waals surface area contributed by atoms with E-state index in [-0.39, 0.29) is 43.1 Å². The third-order valence-corrected chi connectivity index (χ3v) is 5.82. The molecule has 1 atom stereocenters. The van der Waals surface area contributed by atoms with Crippen molar-refractivity contribution in [3.63, 3.8) is 0 Å². The standard InChI is InChI=1S/C22H29F6N3O2/c1-3-13(2)31-19(32)12-29-18-6-4-14(5-7-18)11-30-20(33)15-8-16(21(23,24)25)10-17(9-15)22(26,27)28/h8-10,13-14,18,29H,3-7,11-12H2,1-2H3,(H,30,33)(H,31,32). The molecule has 1 fully saturated rings. The van der Waals surface area contributed by atoms with Crippen molar-refractivity contribution in [1.29, 1.82) is 0 Å². The fourth-order valence-electron chi connectivity index (χ4n) is 3.66. The van der Waals surface area contributed by atoms with Gasteiger partial charge in [-0.25, -0.2) is 0 Å². The lowest BCUT2D eigenvalue weighted by molar-refractivity contribution is -0.143.